The van der Waals surface area contributed by atoms with Crippen molar-refractivity contribution in [3.05, 3.63) is 63.9 Å². The number of benzene rings is 2. The molecular weight excluding hydrogens is 323 g/mol. The second-order valence-electron chi connectivity index (χ2n) is 4.41. The highest BCUT2D eigenvalue weighted by Crippen LogP contribution is 2.18. The fourth-order valence-corrected chi connectivity index (χ4v) is 2.30. The molecule has 3 nitrogen and oxygen atoms in total. The van der Waals surface area contributed by atoms with Gasteiger partial charge in [-0.2, -0.15) is 0 Å². The molecule has 0 aliphatic carbocycles. The maximum absolute atomic E-state index is 13.2. The van der Waals surface area contributed by atoms with Crippen LogP contribution in [-0.2, 0) is 13.0 Å². The lowest BCUT2D eigenvalue weighted by Gasteiger charge is -2.08. The Morgan fingerprint density at radius 1 is 1.15 bits per heavy atom. The first-order chi connectivity index (χ1) is 9.52. The van der Waals surface area contributed by atoms with Crippen LogP contribution >= 0.6 is 15.9 Å². The summed E-state index contributed by atoms with van der Waals surface area (Å²) in [5, 5.41) is 7.23. The van der Waals surface area contributed by atoms with Crippen LogP contribution in [0.4, 0.5) is 4.39 Å². The van der Waals surface area contributed by atoms with Crippen molar-refractivity contribution >= 4 is 21.8 Å². The zero-order valence-corrected chi connectivity index (χ0v) is 12.3. The second-order valence-corrected chi connectivity index (χ2v) is 5.33. The van der Waals surface area contributed by atoms with E-state index in [0.717, 1.165) is 11.1 Å². The Balaban J connectivity index is 1.98. The van der Waals surface area contributed by atoms with Gasteiger partial charge in [0.25, 0.3) is 0 Å². The first-order valence-corrected chi connectivity index (χ1v) is 6.82. The van der Waals surface area contributed by atoms with Crippen molar-refractivity contribution < 1.29 is 9.13 Å². The van der Waals surface area contributed by atoms with Crippen molar-refractivity contribution in [3.63, 3.8) is 0 Å². The summed E-state index contributed by atoms with van der Waals surface area (Å²) in [6.07, 6.45) is 0.428. The number of hydrogen-bond donors (Lipinski definition) is 2. The number of nitrogens with one attached hydrogen (secondary N) is 1. The average molecular weight is 337 g/mol. The van der Waals surface area contributed by atoms with Gasteiger partial charge >= 0.3 is 0 Å². The van der Waals surface area contributed by atoms with Crippen molar-refractivity contribution in [1.82, 2.24) is 0 Å². The van der Waals surface area contributed by atoms with Crippen LogP contribution in [0.1, 0.15) is 11.1 Å². The molecule has 0 aliphatic heterocycles. The van der Waals surface area contributed by atoms with E-state index in [-0.39, 0.29) is 11.7 Å². The van der Waals surface area contributed by atoms with E-state index in [4.69, 9.17) is 15.9 Å². The van der Waals surface area contributed by atoms with Crippen LogP contribution in [0.2, 0.25) is 0 Å². The van der Waals surface area contributed by atoms with Gasteiger partial charge in [-0.3, -0.25) is 5.41 Å². The molecule has 0 heterocycles. The highest BCUT2D eigenvalue weighted by atomic mass is 79.9. The summed E-state index contributed by atoms with van der Waals surface area (Å²) in [6, 6.07) is 12.0. The lowest BCUT2D eigenvalue weighted by atomic mass is 10.1. The number of halogens is 2. The van der Waals surface area contributed by atoms with Crippen LogP contribution in [0.3, 0.4) is 0 Å². The molecule has 0 bridgehead atoms. The molecule has 2 aromatic carbocycles. The Labute approximate surface area is 125 Å². The molecule has 5 heteroatoms. The minimum Gasteiger partial charge on any atom is -0.489 e. The Kier molecular flexibility index (Phi) is 4.74. The van der Waals surface area contributed by atoms with Gasteiger partial charge in [0.2, 0.25) is 0 Å². The van der Waals surface area contributed by atoms with Crippen LogP contribution in [0.5, 0.6) is 5.75 Å². The summed E-state index contributed by atoms with van der Waals surface area (Å²) >= 11 is 3.24. The molecule has 104 valence electrons. The topological polar surface area (TPSA) is 59.1 Å². The van der Waals surface area contributed by atoms with Crippen molar-refractivity contribution in [1.29, 1.82) is 5.41 Å². The lowest BCUT2D eigenvalue weighted by Crippen LogP contribution is -2.12. The fraction of sp³-hybridized carbons (Fsp3) is 0.133. The molecule has 0 saturated carbocycles. The maximum Gasteiger partial charge on any atom is 0.124 e. The highest BCUT2D eigenvalue weighted by Gasteiger charge is 2.01. The van der Waals surface area contributed by atoms with E-state index in [1.54, 1.807) is 0 Å². The Hall–Kier alpha value is -1.88. The van der Waals surface area contributed by atoms with Crippen molar-refractivity contribution in [2.75, 3.05) is 0 Å². The molecule has 2 aromatic rings. The van der Waals surface area contributed by atoms with E-state index in [1.807, 2.05) is 30.3 Å². The molecule has 20 heavy (non-hydrogen) atoms. The number of amidine groups is 1. The summed E-state index contributed by atoms with van der Waals surface area (Å²) in [5.74, 6) is 0.524. The number of ether oxygens (including phenoxy) is 1. The van der Waals surface area contributed by atoms with Gasteiger partial charge in [0.15, 0.2) is 0 Å². The molecule has 0 aromatic heterocycles. The van der Waals surface area contributed by atoms with E-state index in [2.05, 4.69) is 15.9 Å². The third-order valence-electron chi connectivity index (χ3n) is 2.65. The molecule has 0 fully saturated rings. The number of rotatable bonds is 5. The van der Waals surface area contributed by atoms with Gasteiger partial charge < -0.3 is 10.5 Å². The molecule has 0 spiro atoms. The SMILES string of the molecule is N=C(N)Cc1ccc(OCc2cc(F)cc(Br)c2)cc1. The largest absolute Gasteiger partial charge is 0.489 e. The zero-order chi connectivity index (χ0) is 14.5. The molecule has 0 amide bonds. The van der Waals surface area contributed by atoms with Crippen LogP contribution in [-0.4, -0.2) is 5.84 Å². The first kappa shape index (κ1) is 14.5. The van der Waals surface area contributed by atoms with Crippen LogP contribution < -0.4 is 10.5 Å². The van der Waals surface area contributed by atoms with E-state index in [0.29, 0.717) is 23.2 Å². The third-order valence-corrected chi connectivity index (χ3v) is 3.10. The standard InChI is InChI=1S/C15H14BrFN2O/c16-12-5-11(6-13(17)8-12)9-20-14-3-1-10(2-4-14)7-15(18)19/h1-6,8H,7,9H2,(H3,18,19). The Morgan fingerprint density at radius 2 is 1.85 bits per heavy atom. The third kappa shape index (κ3) is 4.35. The molecule has 0 aliphatic rings. The van der Waals surface area contributed by atoms with Crippen LogP contribution in [0, 0.1) is 11.2 Å². The minimum atomic E-state index is -0.296. The lowest BCUT2D eigenvalue weighted by molar-refractivity contribution is 0.305. The Bertz CT molecular complexity index is 594. The second kappa shape index (κ2) is 6.52. The quantitative estimate of drug-likeness (QED) is 0.646. The molecule has 3 N–H and O–H groups in total. The summed E-state index contributed by atoms with van der Waals surface area (Å²) in [4.78, 5) is 0. The molecular formula is C15H14BrFN2O. The molecule has 0 atom stereocenters. The molecule has 0 unspecified atom stereocenters. The number of hydrogen-bond acceptors (Lipinski definition) is 2. The summed E-state index contributed by atoms with van der Waals surface area (Å²) < 4.78 is 19.5. The van der Waals surface area contributed by atoms with Crippen molar-refractivity contribution in [3.8, 4) is 5.75 Å². The average Bonchev–Trinajstić information content (AvgIpc) is 2.36. The smallest absolute Gasteiger partial charge is 0.124 e. The van der Waals surface area contributed by atoms with E-state index < -0.39 is 0 Å². The van der Waals surface area contributed by atoms with Crippen LogP contribution in [0.25, 0.3) is 0 Å². The normalized spacial score (nSPS) is 10.3. The van der Waals surface area contributed by atoms with Crippen molar-refractivity contribution in [2.45, 2.75) is 13.0 Å². The Morgan fingerprint density at radius 3 is 2.45 bits per heavy atom. The van der Waals surface area contributed by atoms with Gasteiger partial charge in [0.1, 0.15) is 18.2 Å². The van der Waals surface area contributed by atoms with E-state index in [9.17, 15) is 4.39 Å². The monoisotopic (exact) mass is 336 g/mol. The summed E-state index contributed by atoms with van der Waals surface area (Å²) in [5.41, 5.74) is 7.05. The van der Waals surface area contributed by atoms with Gasteiger partial charge in [-0.1, -0.05) is 28.1 Å². The molecule has 0 saturated heterocycles. The van der Waals surface area contributed by atoms with Crippen LogP contribution in [0.15, 0.2) is 46.9 Å². The molecule has 2 rings (SSSR count). The van der Waals surface area contributed by atoms with Gasteiger partial charge in [-0.05, 0) is 41.5 Å². The highest BCUT2D eigenvalue weighted by molar-refractivity contribution is 9.10. The van der Waals surface area contributed by atoms with Gasteiger partial charge in [-0.15, -0.1) is 0 Å². The predicted octanol–water partition coefficient (Wildman–Crippen LogP) is 3.65. The fourth-order valence-electron chi connectivity index (χ4n) is 1.78. The summed E-state index contributed by atoms with van der Waals surface area (Å²) in [7, 11) is 0. The van der Waals surface area contributed by atoms with E-state index in [1.165, 1.54) is 12.1 Å². The van der Waals surface area contributed by atoms with E-state index >= 15 is 0 Å². The predicted molar refractivity (Wildman–Crippen MR) is 80.5 cm³/mol. The zero-order valence-electron chi connectivity index (χ0n) is 10.7. The maximum atomic E-state index is 13.2. The van der Waals surface area contributed by atoms with Gasteiger partial charge in [0, 0.05) is 10.9 Å². The number of nitrogens with two attached hydrogens (primary N) is 1. The summed E-state index contributed by atoms with van der Waals surface area (Å²) in [6.45, 7) is 0.294. The van der Waals surface area contributed by atoms with Gasteiger partial charge in [-0.25, -0.2) is 4.39 Å². The molecule has 0 radical (unpaired) electrons. The van der Waals surface area contributed by atoms with Gasteiger partial charge in [0.05, 0.1) is 5.84 Å². The first-order valence-electron chi connectivity index (χ1n) is 6.02. The van der Waals surface area contributed by atoms with Crippen molar-refractivity contribution in [2.24, 2.45) is 5.73 Å². The minimum absolute atomic E-state index is 0.128.